The Hall–Kier alpha value is -3.69. The van der Waals surface area contributed by atoms with Crippen LogP contribution in [0, 0.1) is 0 Å². The number of thiocarbonyl (C=S) groups is 1. The Bertz CT molecular complexity index is 1450. The third-order valence-electron chi connectivity index (χ3n) is 5.02. The minimum Gasteiger partial charge on any atom is -0.332 e. The average molecular weight is 459 g/mol. The molecule has 5 rings (SSSR count). The van der Waals surface area contributed by atoms with Gasteiger partial charge >= 0.3 is 0 Å². The van der Waals surface area contributed by atoms with E-state index in [0.717, 1.165) is 44.2 Å². The molecule has 2 N–H and O–H groups in total. The third kappa shape index (κ3) is 3.83. The number of aromatic nitrogens is 4. The quantitative estimate of drug-likeness (QED) is 0.380. The maximum Gasteiger partial charge on any atom is 0.258 e. The van der Waals surface area contributed by atoms with Gasteiger partial charge in [0.25, 0.3) is 5.91 Å². The molecule has 0 radical (unpaired) electrons. The van der Waals surface area contributed by atoms with Gasteiger partial charge in [-0.3, -0.25) is 10.1 Å². The fourth-order valence-corrected chi connectivity index (χ4v) is 4.52. The fourth-order valence-electron chi connectivity index (χ4n) is 3.45. The SMILES string of the molecule is CCc1nnc2sc(-c3ccc(NC(=S)NC(=O)c4cccc5ccccc45)cc3)nn12. The number of carbonyl (C=O) groups is 1. The molecule has 0 saturated carbocycles. The standard InChI is InChI=1S/C23H18N6OS2/c1-2-19-26-27-23-29(19)28-21(32-23)15-10-12-16(13-11-15)24-22(31)25-20(30)18-9-5-7-14-6-3-4-8-17(14)18/h3-13H,2H2,1H3,(H2,24,25,30,31). The summed E-state index contributed by atoms with van der Waals surface area (Å²) >= 11 is 6.84. The molecular formula is C23H18N6OS2. The zero-order valence-corrected chi connectivity index (χ0v) is 18.7. The van der Waals surface area contributed by atoms with Crippen LogP contribution in [0.3, 0.4) is 0 Å². The van der Waals surface area contributed by atoms with Crippen LogP contribution in [0.2, 0.25) is 0 Å². The van der Waals surface area contributed by atoms with Crippen molar-refractivity contribution in [2.24, 2.45) is 0 Å². The highest BCUT2D eigenvalue weighted by Crippen LogP contribution is 2.26. The van der Waals surface area contributed by atoms with Crippen LogP contribution in [0.25, 0.3) is 26.3 Å². The molecular weight excluding hydrogens is 440 g/mol. The van der Waals surface area contributed by atoms with Crippen molar-refractivity contribution in [2.75, 3.05) is 5.32 Å². The van der Waals surface area contributed by atoms with E-state index in [2.05, 4.69) is 25.9 Å². The molecule has 0 aliphatic rings. The van der Waals surface area contributed by atoms with E-state index in [-0.39, 0.29) is 11.0 Å². The predicted molar refractivity (Wildman–Crippen MR) is 131 cm³/mol. The van der Waals surface area contributed by atoms with E-state index < -0.39 is 0 Å². The Balaban J connectivity index is 1.28. The van der Waals surface area contributed by atoms with Gasteiger partial charge in [0.1, 0.15) is 5.01 Å². The fraction of sp³-hybridized carbons (Fsp3) is 0.0870. The van der Waals surface area contributed by atoms with Gasteiger partial charge in [0, 0.05) is 23.2 Å². The Kier molecular flexibility index (Phi) is 5.34. The van der Waals surface area contributed by atoms with Gasteiger partial charge in [0.05, 0.1) is 0 Å². The number of fused-ring (bicyclic) bond motifs is 2. The summed E-state index contributed by atoms with van der Waals surface area (Å²) in [7, 11) is 0. The Morgan fingerprint density at radius 1 is 1.03 bits per heavy atom. The van der Waals surface area contributed by atoms with Gasteiger partial charge in [-0.05, 0) is 53.3 Å². The van der Waals surface area contributed by atoms with Crippen LogP contribution in [0.5, 0.6) is 0 Å². The maximum absolute atomic E-state index is 12.8. The van der Waals surface area contributed by atoms with Crippen molar-refractivity contribution >= 4 is 56.0 Å². The van der Waals surface area contributed by atoms with Gasteiger partial charge in [-0.2, -0.15) is 9.61 Å². The lowest BCUT2D eigenvalue weighted by atomic mass is 10.0. The zero-order valence-electron chi connectivity index (χ0n) is 17.1. The molecule has 32 heavy (non-hydrogen) atoms. The third-order valence-corrected chi connectivity index (χ3v) is 6.17. The molecule has 0 bridgehead atoms. The molecule has 2 heterocycles. The molecule has 1 amide bonds. The van der Waals surface area contributed by atoms with Crippen molar-refractivity contribution in [3.05, 3.63) is 78.1 Å². The molecule has 0 atom stereocenters. The van der Waals surface area contributed by atoms with Gasteiger partial charge < -0.3 is 5.32 Å². The van der Waals surface area contributed by atoms with E-state index in [9.17, 15) is 4.79 Å². The molecule has 5 aromatic rings. The topological polar surface area (TPSA) is 84.2 Å². The Morgan fingerprint density at radius 3 is 2.62 bits per heavy atom. The predicted octanol–water partition coefficient (Wildman–Crippen LogP) is 4.70. The van der Waals surface area contributed by atoms with E-state index in [1.54, 1.807) is 10.6 Å². The normalized spacial score (nSPS) is 11.0. The summed E-state index contributed by atoms with van der Waals surface area (Å²) in [6.07, 6.45) is 0.773. The minimum absolute atomic E-state index is 0.238. The summed E-state index contributed by atoms with van der Waals surface area (Å²) in [5.74, 6) is 0.593. The highest BCUT2D eigenvalue weighted by atomic mass is 32.1. The molecule has 0 aliphatic heterocycles. The number of anilines is 1. The van der Waals surface area contributed by atoms with Crippen LogP contribution in [0.4, 0.5) is 5.69 Å². The van der Waals surface area contributed by atoms with Crippen molar-refractivity contribution in [1.82, 2.24) is 25.1 Å². The second-order valence-corrected chi connectivity index (χ2v) is 8.45. The molecule has 7 nitrogen and oxygen atoms in total. The van der Waals surface area contributed by atoms with Gasteiger partial charge in [-0.15, -0.1) is 10.2 Å². The molecule has 3 aromatic carbocycles. The molecule has 0 saturated heterocycles. The van der Waals surface area contributed by atoms with Gasteiger partial charge in [0.15, 0.2) is 10.9 Å². The lowest BCUT2D eigenvalue weighted by molar-refractivity contribution is 0.0979. The van der Waals surface area contributed by atoms with Crippen LogP contribution in [0.1, 0.15) is 23.1 Å². The van der Waals surface area contributed by atoms with Crippen molar-refractivity contribution in [3.63, 3.8) is 0 Å². The Morgan fingerprint density at radius 2 is 1.81 bits per heavy atom. The summed E-state index contributed by atoms with van der Waals surface area (Å²) in [5.41, 5.74) is 2.32. The smallest absolute Gasteiger partial charge is 0.258 e. The monoisotopic (exact) mass is 458 g/mol. The summed E-state index contributed by atoms with van der Waals surface area (Å²) < 4.78 is 1.78. The van der Waals surface area contributed by atoms with Crippen LogP contribution in [0.15, 0.2) is 66.7 Å². The first-order valence-electron chi connectivity index (χ1n) is 10.0. The number of nitrogens with one attached hydrogen (secondary N) is 2. The number of benzene rings is 3. The maximum atomic E-state index is 12.8. The number of carbonyl (C=O) groups excluding carboxylic acids is 1. The summed E-state index contributed by atoms with van der Waals surface area (Å²) in [6.45, 7) is 2.03. The van der Waals surface area contributed by atoms with Crippen molar-refractivity contribution in [2.45, 2.75) is 13.3 Å². The van der Waals surface area contributed by atoms with Crippen LogP contribution < -0.4 is 10.6 Å². The van der Waals surface area contributed by atoms with E-state index in [1.165, 1.54) is 11.3 Å². The minimum atomic E-state index is -0.248. The van der Waals surface area contributed by atoms with Crippen LogP contribution >= 0.6 is 23.6 Å². The Labute approximate surface area is 193 Å². The first-order valence-corrected chi connectivity index (χ1v) is 11.3. The van der Waals surface area contributed by atoms with E-state index in [0.29, 0.717) is 5.56 Å². The van der Waals surface area contributed by atoms with Crippen molar-refractivity contribution < 1.29 is 4.79 Å². The molecule has 0 unspecified atom stereocenters. The van der Waals surface area contributed by atoms with E-state index in [4.69, 9.17) is 12.2 Å². The second-order valence-electron chi connectivity index (χ2n) is 7.08. The van der Waals surface area contributed by atoms with Crippen molar-refractivity contribution in [3.8, 4) is 10.6 Å². The number of hydrogen-bond donors (Lipinski definition) is 2. The zero-order chi connectivity index (χ0) is 22.1. The van der Waals surface area contributed by atoms with Gasteiger partial charge in [-0.1, -0.05) is 54.7 Å². The highest BCUT2D eigenvalue weighted by molar-refractivity contribution is 7.80. The molecule has 2 aromatic heterocycles. The molecule has 9 heteroatoms. The highest BCUT2D eigenvalue weighted by Gasteiger charge is 2.13. The number of aryl methyl sites for hydroxylation is 1. The lowest BCUT2D eigenvalue weighted by Gasteiger charge is -2.11. The molecule has 0 fully saturated rings. The summed E-state index contributed by atoms with van der Waals surface area (Å²) in [6, 6.07) is 21.1. The van der Waals surface area contributed by atoms with Gasteiger partial charge in [-0.25, -0.2) is 0 Å². The van der Waals surface area contributed by atoms with Crippen LogP contribution in [-0.4, -0.2) is 30.8 Å². The number of hydrogen-bond acceptors (Lipinski definition) is 6. The molecule has 158 valence electrons. The number of rotatable bonds is 4. The molecule has 0 spiro atoms. The molecule has 0 aliphatic carbocycles. The van der Waals surface area contributed by atoms with Crippen LogP contribution in [-0.2, 0) is 6.42 Å². The average Bonchev–Trinajstić information content (AvgIpc) is 3.40. The number of nitrogens with zero attached hydrogens (tertiary/aromatic N) is 4. The largest absolute Gasteiger partial charge is 0.332 e. The number of amides is 1. The van der Waals surface area contributed by atoms with E-state index in [1.807, 2.05) is 67.6 Å². The summed E-state index contributed by atoms with van der Waals surface area (Å²) in [5, 5.41) is 21.7. The second kappa shape index (κ2) is 8.45. The summed E-state index contributed by atoms with van der Waals surface area (Å²) in [4.78, 5) is 13.5. The van der Waals surface area contributed by atoms with E-state index >= 15 is 0 Å². The first kappa shape index (κ1) is 20.2. The lowest BCUT2D eigenvalue weighted by Crippen LogP contribution is -2.34. The van der Waals surface area contributed by atoms with Gasteiger partial charge in [0.2, 0.25) is 4.96 Å². The first-order chi connectivity index (χ1) is 15.6. The van der Waals surface area contributed by atoms with Crippen molar-refractivity contribution in [1.29, 1.82) is 0 Å².